The minimum absolute atomic E-state index is 0.0548. The lowest BCUT2D eigenvalue weighted by Crippen LogP contribution is -2.51. The van der Waals surface area contributed by atoms with Gasteiger partial charge in [-0.3, -0.25) is 9.69 Å². The van der Waals surface area contributed by atoms with E-state index < -0.39 is 11.9 Å². The van der Waals surface area contributed by atoms with Crippen LogP contribution in [0.1, 0.15) is 44.2 Å². The number of anilines is 1. The minimum Gasteiger partial charge on any atom is -0.353 e. The number of alkyl halides is 3. The fourth-order valence-electron chi connectivity index (χ4n) is 4.19. The van der Waals surface area contributed by atoms with Gasteiger partial charge < -0.3 is 10.2 Å². The Morgan fingerprint density at radius 3 is 2.54 bits per heavy atom. The number of piperidine rings is 2. The SMILES string of the molecule is O=C(NC1CC1)[C@H]1CCCN(C2CCN(c3nccc(C(F)(F)F)n3)CC2)C1. The number of likely N-dealkylation sites (tertiary alicyclic amines) is 1. The van der Waals surface area contributed by atoms with Crippen LogP contribution in [0.5, 0.6) is 0 Å². The zero-order valence-corrected chi connectivity index (χ0v) is 15.8. The number of hydrogen-bond donors (Lipinski definition) is 1. The Balaban J connectivity index is 1.32. The molecule has 1 atom stereocenters. The van der Waals surface area contributed by atoms with Gasteiger partial charge in [0.1, 0.15) is 5.69 Å². The lowest BCUT2D eigenvalue weighted by molar-refractivity contribution is -0.141. The monoisotopic (exact) mass is 397 g/mol. The van der Waals surface area contributed by atoms with Gasteiger partial charge in [-0.1, -0.05) is 0 Å². The molecule has 154 valence electrons. The largest absolute Gasteiger partial charge is 0.433 e. The number of carbonyl (C=O) groups is 1. The summed E-state index contributed by atoms with van der Waals surface area (Å²) < 4.78 is 38.6. The average molecular weight is 397 g/mol. The van der Waals surface area contributed by atoms with Crippen molar-refractivity contribution in [3.05, 3.63) is 18.0 Å². The van der Waals surface area contributed by atoms with Crippen molar-refractivity contribution >= 4 is 11.9 Å². The van der Waals surface area contributed by atoms with Crippen LogP contribution in [0.2, 0.25) is 0 Å². The quantitative estimate of drug-likeness (QED) is 0.846. The standard InChI is InChI=1S/C19H26F3N5O/c20-19(21,22)16-5-8-23-18(25-16)26-10-6-15(7-11-26)27-9-1-2-13(12-27)17(28)24-14-3-4-14/h5,8,13-15H,1-4,6-7,9-12H2,(H,24,28)/t13-/m0/s1. The maximum absolute atomic E-state index is 12.9. The van der Waals surface area contributed by atoms with Crippen molar-refractivity contribution in [1.29, 1.82) is 0 Å². The zero-order valence-electron chi connectivity index (χ0n) is 15.8. The molecular weight excluding hydrogens is 371 g/mol. The predicted octanol–water partition coefficient (Wildman–Crippen LogP) is 2.45. The normalized spacial score (nSPS) is 25.0. The van der Waals surface area contributed by atoms with Crippen LogP contribution < -0.4 is 10.2 Å². The van der Waals surface area contributed by atoms with Gasteiger partial charge in [-0.25, -0.2) is 9.97 Å². The van der Waals surface area contributed by atoms with E-state index in [0.717, 1.165) is 57.7 Å². The first-order valence-corrected chi connectivity index (χ1v) is 10.1. The molecule has 0 unspecified atom stereocenters. The van der Waals surface area contributed by atoms with Crippen LogP contribution in [0.15, 0.2) is 12.3 Å². The summed E-state index contributed by atoms with van der Waals surface area (Å²) in [5.74, 6) is 0.384. The number of hydrogen-bond acceptors (Lipinski definition) is 5. The smallest absolute Gasteiger partial charge is 0.353 e. The van der Waals surface area contributed by atoms with Gasteiger partial charge in [-0.05, 0) is 51.1 Å². The van der Waals surface area contributed by atoms with E-state index in [2.05, 4.69) is 20.2 Å². The average Bonchev–Trinajstić information content (AvgIpc) is 3.52. The topological polar surface area (TPSA) is 61.4 Å². The van der Waals surface area contributed by atoms with Gasteiger partial charge in [0, 0.05) is 37.9 Å². The molecule has 0 bridgehead atoms. The Hall–Kier alpha value is -1.90. The first kappa shape index (κ1) is 19.4. The Labute approximate surface area is 162 Å². The molecule has 1 aromatic rings. The maximum atomic E-state index is 12.9. The van der Waals surface area contributed by atoms with Crippen molar-refractivity contribution in [2.24, 2.45) is 5.92 Å². The molecule has 3 fully saturated rings. The molecule has 1 N–H and O–H groups in total. The van der Waals surface area contributed by atoms with Crippen LogP contribution >= 0.6 is 0 Å². The maximum Gasteiger partial charge on any atom is 0.433 e. The first-order chi connectivity index (χ1) is 13.4. The summed E-state index contributed by atoms with van der Waals surface area (Å²) in [7, 11) is 0. The number of amides is 1. The lowest BCUT2D eigenvalue weighted by atomic mass is 9.93. The number of aromatic nitrogens is 2. The van der Waals surface area contributed by atoms with E-state index in [9.17, 15) is 18.0 Å². The van der Waals surface area contributed by atoms with E-state index in [1.54, 1.807) is 0 Å². The summed E-state index contributed by atoms with van der Waals surface area (Å²) in [4.78, 5) is 24.3. The highest BCUT2D eigenvalue weighted by Gasteiger charge is 2.35. The third-order valence-electron chi connectivity index (χ3n) is 5.94. The molecule has 2 saturated heterocycles. The molecule has 0 radical (unpaired) electrons. The van der Waals surface area contributed by atoms with Crippen molar-refractivity contribution in [3.63, 3.8) is 0 Å². The molecule has 28 heavy (non-hydrogen) atoms. The Bertz CT molecular complexity index is 701. The zero-order chi connectivity index (χ0) is 19.7. The third-order valence-corrected chi connectivity index (χ3v) is 5.94. The molecular formula is C19H26F3N5O. The van der Waals surface area contributed by atoms with E-state index >= 15 is 0 Å². The lowest BCUT2D eigenvalue weighted by Gasteiger charge is -2.42. The highest BCUT2D eigenvalue weighted by Crippen LogP contribution is 2.30. The van der Waals surface area contributed by atoms with Crippen LogP contribution in [0.3, 0.4) is 0 Å². The second-order valence-corrected chi connectivity index (χ2v) is 8.07. The van der Waals surface area contributed by atoms with Crippen molar-refractivity contribution in [1.82, 2.24) is 20.2 Å². The molecule has 2 aliphatic heterocycles. The Morgan fingerprint density at radius 2 is 1.86 bits per heavy atom. The van der Waals surface area contributed by atoms with Crippen molar-refractivity contribution in [3.8, 4) is 0 Å². The molecule has 1 aromatic heterocycles. The van der Waals surface area contributed by atoms with E-state index in [4.69, 9.17) is 0 Å². The number of carbonyl (C=O) groups excluding carboxylic acids is 1. The Morgan fingerprint density at radius 1 is 1.11 bits per heavy atom. The Kier molecular flexibility index (Phi) is 5.44. The molecule has 1 saturated carbocycles. The highest BCUT2D eigenvalue weighted by atomic mass is 19.4. The van der Waals surface area contributed by atoms with E-state index in [1.807, 2.05) is 4.90 Å². The van der Waals surface area contributed by atoms with Crippen molar-refractivity contribution < 1.29 is 18.0 Å². The summed E-state index contributed by atoms with van der Waals surface area (Å²) in [6.07, 6.45) is 2.54. The second-order valence-electron chi connectivity index (χ2n) is 8.07. The first-order valence-electron chi connectivity index (χ1n) is 10.1. The molecule has 0 aromatic carbocycles. The molecule has 9 heteroatoms. The molecule has 6 nitrogen and oxygen atoms in total. The van der Waals surface area contributed by atoms with Crippen LogP contribution in [-0.2, 0) is 11.0 Å². The van der Waals surface area contributed by atoms with Gasteiger partial charge in [0.2, 0.25) is 11.9 Å². The molecule has 3 heterocycles. The van der Waals surface area contributed by atoms with E-state index in [1.165, 1.54) is 6.20 Å². The number of nitrogens with one attached hydrogen (secondary N) is 1. The third kappa shape index (κ3) is 4.56. The van der Waals surface area contributed by atoms with Gasteiger partial charge in [-0.15, -0.1) is 0 Å². The summed E-state index contributed by atoms with van der Waals surface area (Å²) in [6.45, 7) is 3.02. The van der Waals surface area contributed by atoms with E-state index in [-0.39, 0.29) is 17.8 Å². The second kappa shape index (κ2) is 7.85. The van der Waals surface area contributed by atoms with Gasteiger partial charge in [-0.2, -0.15) is 13.2 Å². The number of nitrogens with zero attached hydrogens (tertiary/aromatic N) is 4. The molecule has 3 aliphatic rings. The molecule has 4 rings (SSSR count). The highest BCUT2D eigenvalue weighted by molar-refractivity contribution is 5.79. The van der Waals surface area contributed by atoms with Crippen LogP contribution in [0, 0.1) is 5.92 Å². The van der Waals surface area contributed by atoms with E-state index in [0.29, 0.717) is 25.2 Å². The van der Waals surface area contributed by atoms with Gasteiger partial charge in [0.05, 0.1) is 5.92 Å². The van der Waals surface area contributed by atoms with Crippen LogP contribution in [0.25, 0.3) is 0 Å². The molecule has 0 spiro atoms. The fraction of sp³-hybridized carbons (Fsp3) is 0.737. The summed E-state index contributed by atoms with van der Waals surface area (Å²) in [5.41, 5.74) is -0.903. The van der Waals surface area contributed by atoms with Gasteiger partial charge in [0.15, 0.2) is 0 Å². The van der Waals surface area contributed by atoms with Crippen LogP contribution in [0.4, 0.5) is 19.1 Å². The molecule has 1 aliphatic carbocycles. The van der Waals surface area contributed by atoms with Crippen molar-refractivity contribution in [2.75, 3.05) is 31.1 Å². The summed E-state index contributed by atoms with van der Waals surface area (Å²) >= 11 is 0. The minimum atomic E-state index is -4.46. The molecule has 1 amide bonds. The number of rotatable bonds is 4. The summed E-state index contributed by atoms with van der Waals surface area (Å²) in [5, 5.41) is 3.11. The fourth-order valence-corrected chi connectivity index (χ4v) is 4.19. The van der Waals surface area contributed by atoms with Crippen LogP contribution in [-0.4, -0.2) is 59.0 Å². The van der Waals surface area contributed by atoms with Gasteiger partial charge >= 0.3 is 6.18 Å². The summed E-state index contributed by atoms with van der Waals surface area (Å²) in [6, 6.07) is 1.65. The number of halogens is 3. The van der Waals surface area contributed by atoms with Gasteiger partial charge in [0.25, 0.3) is 0 Å². The predicted molar refractivity (Wildman–Crippen MR) is 97.7 cm³/mol. The van der Waals surface area contributed by atoms with Crippen molar-refractivity contribution in [2.45, 2.75) is 56.8 Å².